The second-order valence-electron chi connectivity index (χ2n) is 3.32. The minimum atomic E-state index is -0.983. The largest absolute Gasteiger partial charge is 0.410 e. The molecule has 88 valence electrons. The molecule has 0 atom stereocenters. The van der Waals surface area contributed by atoms with E-state index in [1.807, 2.05) is 12.1 Å². The highest BCUT2D eigenvalue weighted by atomic mass is 16.4. The third-order valence-electron chi connectivity index (χ3n) is 2.34. The van der Waals surface area contributed by atoms with Crippen molar-refractivity contribution in [1.82, 2.24) is 4.98 Å². The van der Waals surface area contributed by atoms with Gasteiger partial charge in [-0.1, -0.05) is 29.4 Å². The third-order valence-corrected chi connectivity index (χ3v) is 2.34. The minimum absolute atomic E-state index is 0.174. The molecular formula is C11H7N5O2. The van der Waals surface area contributed by atoms with Crippen molar-refractivity contribution in [2.45, 2.75) is 0 Å². The Balaban J connectivity index is 2.66. The van der Waals surface area contributed by atoms with E-state index in [4.69, 9.17) is 10.7 Å². The first kappa shape index (κ1) is 11.6. The van der Waals surface area contributed by atoms with Crippen molar-refractivity contribution in [1.29, 1.82) is 0 Å². The number of fused-ring (bicyclic) bond motifs is 1. The molecule has 0 saturated heterocycles. The molecule has 2 rings (SSSR count). The van der Waals surface area contributed by atoms with Gasteiger partial charge in [0.25, 0.3) is 5.91 Å². The molecule has 0 aliphatic heterocycles. The maximum Gasteiger partial charge on any atom is 0.273 e. The summed E-state index contributed by atoms with van der Waals surface area (Å²) in [6.07, 6.45) is 1.48. The highest BCUT2D eigenvalue weighted by molar-refractivity contribution is 6.46. The second kappa shape index (κ2) is 4.94. The molecule has 0 aliphatic rings. The van der Waals surface area contributed by atoms with Crippen molar-refractivity contribution in [3.63, 3.8) is 0 Å². The van der Waals surface area contributed by atoms with E-state index in [9.17, 15) is 4.79 Å². The molecule has 7 nitrogen and oxygen atoms in total. The van der Waals surface area contributed by atoms with Crippen LogP contribution in [-0.2, 0) is 4.79 Å². The number of benzene rings is 1. The van der Waals surface area contributed by atoms with Crippen LogP contribution in [0.4, 0.5) is 0 Å². The fourth-order valence-corrected chi connectivity index (χ4v) is 1.59. The molecule has 0 spiro atoms. The Morgan fingerprint density at radius 3 is 2.83 bits per heavy atom. The molecule has 1 heterocycles. The number of rotatable bonds is 2. The number of azide groups is 1. The quantitative estimate of drug-likeness (QED) is 0.217. The van der Waals surface area contributed by atoms with Gasteiger partial charge in [0.1, 0.15) is 5.69 Å². The van der Waals surface area contributed by atoms with Gasteiger partial charge in [-0.15, -0.1) is 0 Å². The molecule has 1 N–H and O–H groups in total. The predicted octanol–water partition coefficient (Wildman–Crippen LogP) is 2.25. The van der Waals surface area contributed by atoms with Gasteiger partial charge in [0, 0.05) is 16.5 Å². The molecule has 0 radical (unpaired) electrons. The van der Waals surface area contributed by atoms with Crippen LogP contribution in [0.5, 0.6) is 0 Å². The summed E-state index contributed by atoms with van der Waals surface area (Å²) in [5.74, 6) is -0.983. The molecule has 0 fully saturated rings. The van der Waals surface area contributed by atoms with Gasteiger partial charge in [0.05, 0.1) is 0 Å². The van der Waals surface area contributed by atoms with E-state index in [1.54, 1.807) is 18.2 Å². The zero-order valence-electron chi connectivity index (χ0n) is 9.06. The van der Waals surface area contributed by atoms with E-state index in [1.165, 1.54) is 6.20 Å². The minimum Gasteiger partial charge on any atom is -0.410 e. The normalized spacial score (nSPS) is 11.0. The van der Waals surface area contributed by atoms with Crippen LogP contribution >= 0.6 is 0 Å². The lowest BCUT2D eigenvalue weighted by molar-refractivity contribution is -0.112. The monoisotopic (exact) mass is 241 g/mol. The first-order valence-electron chi connectivity index (χ1n) is 4.93. The standard InChI is InChI=1S/C11H7N5O2/c12-16-14-11(17)10(15-18)9-8-4-2-1-3-7(8)5-6-13-9/h1-6,18H/b15-10-. The number of carbonyl (C=O) groups excluding carboxylic acids is 1. The van der Waals surface area contributed by atoms with Crippen molar-refractivity contribution in [2.75, 3.05) is 0 Å². The number of hydrogen-bond acceptors (Lipinski definition) is 4. The Kier molecular flexibility index (Phi) is 3.17. The lowest BCUT2D eigenvalue weighted by Gasteiger charge is -2.04. The topological polar surface area (TPSA) is 111 Å². The number of nitrogens with zero attached hydrogens (tertiary/aromatic N) is 5. The number of carbonyl (C=O) groups is 1. The van der Waals surface area contributed by atoms with Crippen LogP contribution in [0.15, 0.2) is 46.8 Å². The van der Waals surface area contributed by atoms with Gasteiger partial charge >= 0.3 is 0 Å². The first-order valence-corrected chi connectivity index (χ1v) is 4.93. The van der Waals surface area contributed by atoms with Gasteiger partial charge in [0.2, 0.25) is 0 Å². The molecule has 0 unspecified atom stereocenters. The summed E-state index contributed by atoms with van der Waals surface area (Å²) in [5.41, 5.74) is 8.01. The van der Waals surface area contributed by atoms with Crippen molar-refractivity contribution >= 4 is 22.4 Å². The van der Waals surface area contributed by atoms with E-state index in [2.05, 4.69) is 20.2 Å². The molecule has 1 amide bonds. The summed E-state index contributed by atoms with van der Waals surface area (Å²) < 4.78 is 0. The smallest absolute Gasteiger partial charge is 0.273 e. The molecule has 0 saturated carbocycles. The van der Waals surface area contributed by atoms with Crippen LogP contribution in [0.2, 0.25) is 0 Å². The van der Waals surface area contributed by atoms with Crippen LogP contribution in [0.1, 0.15) is 5.69 Å². The number of amides is 1. The van der Waals surface area contributed by atoms with Crippen molar-refractivity contribution < 1.29 is 10.0 Å². The fourth-order valence-electron chi connectivity index (χ4n) is 1.59. The summed E-state index contributed by atoms with van der Waals surface area (Å²) in [5, 5.41) is 16.1. The molecular weight excluding hydrogens is 234 g/mol. The molecule has 1 aromatic heterocycles. The van der Waals surface area contributed by atoms with Crippen LogP contribution in [0, 0.1) is 0 Å². The van der Waals surface area contributed by atoms with Crippen molar-refractivity contribution in [3.8, 4) is 0 Å². The first-order chi connectivity index (χ1) is 8.77. The van der Waals surface area contributed by atoms with Crippen LogP contribution in [-0.4, -0.2) is 21.8 Å². The second-order valence-corrected chi connectivity index (χ2v) is 3.32. The van der Waals surface area contributed by atoms with E-state index < -0.39 is 5.91 Å². The number of hydrogen-bond donors (Lipinski definition) is 1. The Morgan fingerprint density at radius 1 is 1.33 bits per heavy atom. The molecule has 18 heavy (non-hydrogen) atoms. The van der Waals surface area contributed by atoms with Crippen LogP contribution in [0.25, 0.3) is 21.2 Å². The Labute approximate surface area is 101 Å². The summed E-state index contributed by atoms with van der Waals surface area (Å²) in [6.45, 7) is 0. The number of pyridine rings is 1. The third kappa shape index (κ3) is 1.98. The molecule has 0 bridgehead atoms. The Hall–Kier alpha value is -2.92. The van der Waals surface area contributed by atoms with E-state index >= 15 is 0 Å². The summed E-state index contributed by atoms with van der Waals surface area (Å²) >= 11 is 0. The van der Waals surface area contributed by atoms with Gasteiger partial charge in [-0.25, -0.2) is 0 Å². The number of aromatic nitrogens is 1. The molecule has 1 aromatic carbocycles. The fraction of sp³-hybridized carbons (Fsp3) is 0. The highest BCUT2D eigenvalue weighted by Crippen LogP contribution is 2.17. The molecule has 7 heteroatoms. The predicted molar refractivity (Wildman–Crippen MR) is 64.2 cm³/mol. The Morgan fingerprint density at radius 2 is 2.11 bits per heavy atom. The lowest BCUT2D eigenvalue weighted by Crippen LogP contribution is -2.14. The highest BCUT2D eigenvalue weighted by Gasteiger charge is 2.17. The average molecular weight is 241 g/mol. The van der Waals surface area contributed by atoms with E-state index in [0.29, 0.717) is 5.39 Å². The van der Waals surface area contributed by atoms with Gasteiger partial charge in [-0.2, -0.15) is 0 Å². The summed E-state index contributed by atoms with van der Waals surface area (Å²) in [4.78, 5) is 17.8. The van der Waals surface area contributed by atoms with Gasteiger partial charge in [-0.05, 0) is 22.1 Å². The lowest BCUT2D eigenvalue weighted by atomic mass is 10.1. The number of oxime groups is 1. The van der Waals surface area contributed by atoms with Gasteiger partial charge in [-0.3, -0.25) is 9.78 Å². The maximum atomic E-state index is 11.5. The van der Waals surface area contributed by atoms with Gasteiger partial charge in [0.15, 0.2) is 5.71 Å². The molecule has 2 aromatic rings. The van der Waals surface area contributed by atoms with Crippen LogP contribution < -0.4 is 0 Å². The SMILES string of the molecule is [N-]=[N+]=NC(=O)/C(=N\O)c1nccc2ccccc12. The average Bonchev–Trinajstić information content (AvgIpc) is 2.40. The van der Waals surface area contributed by atoms with Crippen LogP contribution in [0.3, 0.4) is 0 Å². The molecule has 0 aliphatic carbocycles. The zero-order chi connectivity index (χ0) is 13.0. The Bertz CT molecular complexity index is 683. The summed E-state index contributed by atoms with van der Waals surface area (Å²) in [6, 6.07) is 8.91. The van der Waals surface area contributed by atoms with Crippen molar-refractivity contribution in [3.05, 3.63) is 52.7 Å². The van der Waals surface area contributed by atoms with E-state index in [-0.39, 0.29) is 11.4 Å². The van der Waals surface area contributed by atoms with Gasteiger partial charge < -0.3 is 5.21 Å². The van der Waals surface area contributed by atoms with Crippen molar-refractivity contribution in [2.24, 2.45) is 10.3 Å². The zero-order valence-corrected chi connectivity index (χ0v) is 9.06. The van der Waals surface area contributed by atoms with E-state index in [0.717, 1.165) is 5.39 Å². The summed E-state index contributed by atoms with van der Waals surface area (Å²) in [7, 11) is 0. The maximum absolute atomic E-state index is 11.5.